The Morgan fingerprint density at radius 3 is 2.69 bits per heavy atom. The van der Waals surface area contributed by atoms with E-state index in [1.807, 2.05) is 41.3 Å². The molecule has 1 aliphatic rings. The highest BCUT2D eigenvalue weighted by Gasteiger charge is 2.23. The van der Waals surface area contributed by atoms with E-state index in [0.29, 0.717) is 48.9 Å². The van der Waals surface area contributed by atoms with Crippen LogP contribution in [0.3, 0.4) is 0 Å². The molecule has 4 rings (SSSR count). The summed E-state index contributed by atoms with van der Waals surface area (Å²) >= 11 is 0. The minimum absolute atomic E-state index is 0.0664. The van der Waals surface area contributed by atoms with Crippen molar-refractivity contribution >= 4 is 17.4 Å². The van der Waals surface area contributed by atoms with Crippen molar-refractivity contribution in [2.24, 2.45) is 0 Å². The van der Waals surface area contributed by atoms with Crippen LogP contribution in [0.5, 0.6) is 5.75 Å². The Morgan fingerprint density at radius 2 is 1.84 bits per heavy atom. The highest BCUT2D eigenvalue weighted by molar-refractivity contribution is 5.99. The van der Waals surface area contributed by atoms with Gasteiger partial charge in [0.05, 0.1) is 18.4 Å². The van der Waals surface area contributed by atoms with E-state index >= 15 is 0 Å². The number of carbonyl (C=O) groups is 1. The molecule has 7 heteroatoms. The van der Waals surface area contributed by atoms with Crippen molar-refractivity contribution in [2.45, 2.75) is 13.0 Å². The van der Waals surface area contributed by atoms with Crippen molar-refractivity contribution in [3.05, 3.63) is 83.8 Å². The van der Waals surface area contributed by atoms with Gasteiger partial charge in [-0.05, 0) is 36.8 Å². The second kappa shape index (κ2) is 10.2. The second-order valence-electron chi connectivity index (χ2n) is 7.74. The van der Waals surface area contributed by atoms with Crippen molar-refractivity contribution in [1.82, 2.24) is 14.8 Å². The van der Waals surface area contributed by atoms with Gasteiger partial charge in [-0.2, -0.15) is 0 Å². The molecular weight excluding hydrogens is 407 g/mol. The molecule has 32 heavy (non-hydrogen) atoms. The number of hydrogen-bond acceptors (Lipinski definition) is 5. The molecule has 1 aromatic heterocycles. The molecular formula is C25H27FN4O2. The molecule has 0 unspecified atom stereocenters. The summed E-state index contributed by atoms with van der Waals surface area (Å²) in [4.78, 5) is 21.8. The normalized spacial score (nSPS) is 14.6. The quantitative estimate of drug-likeness (QED) is 0.626. The van der Waals surface area contributed by atoms with Gasteiger partial charge in [-0.1, -0.05) is 30.3 Å². The number of carbonyl (C=O) groups excluding carboxylic acids is 1. The number of nitrogens with zero attached hydrogens (tertiary/aromatic N) is 3. The zero-order chi connectivity index (χ0) is 22.3. The number of amides is 1. The number of pyridine rings is 1. The molecule has 3 aromatic rings. The van der Waals surface area contributed by atoms with Crippen LogP contribution < -0.4 is 10.1 Å². The van der Waals surface area contributed by atoms with Gasteiger partial charge in [-0.15, -0.1) is 0 Å². The van der Waals surface area contributed by atoms with Gasteiger partial charge in [0.1, 0.15) is 17.4 Å². The van der Waals surface area contributed by atoms with Crippen LogP contribution in [-0.2, 0) is 6.54 Å². The molecule has 166 valence electrons. The molecule has 1 saturated heterocycles. The number of halogens is 1. The van der Waals surface area contributed by atoms with E-state index in [1.54, 1.807) is 31.5 Å². The van der Waals surface area contributed by atoms with Gasteiger partial charge >= 0.3 is 0 Å². The number of para-hydroxylation sites is 2. The van der Waals surface area contributed by atoms with Crippen molar-refractivity contribution in [3.8, 4) is 5.75 Å². The van der Waals surface area contributed by atoms with Crippen molar-refractivity contribution < 1.29 is 13.9 Å². The first kappa shape index (κ1) is 21.8. The number of benzene rings is 2. The highest BCUT2D eigenvalue weighted by Crippen LogP contribution is 2.28. The molecule has 2 aromatic carbocycles. The lowest BCUT2D eigenvalue weighted by Crippen LogP contribution is -2.35. The number of rotatable bonds is 6. The van der Waals surface area contributed by atoms with E-state index in [-0.39, 0.29) is 11.7 Å². The number of ether oxygens (including phenoxy) is 1. The van der Waals surface area contributed by atoms with Crippen LogP contribution in [0.2, 0.25) is 0 Å². The van der Waals surface area contributed by atoms with Crippen LogP contribution in [0.25, 0.3) is 0 Å². The molecule has 0 spiro atoms. The van der Waals surface area contributed by atoms with Crippen LogP contribution in [0, 0.1) is 5.82 Å². The maximum absolute atomic E-state index is 14.0. The maximum Gasteiger partial charge on any atom is 0.257 e. The van der Waals surface area contributed by atoms with E-state index in [9.17, 15) is 9.18 Å². The summed E-state index contributed by atoms with van der Waals surface area (Å²) in [5, 5.41) is 3.24. The van der Waals surface area contributed by atoms with Gasteiger partial charge in [-0.3, -0.25) is 9.69 Å². The van der Waals surface area contributed by atoms with Crippen molar-refractivity contribution in [2.75, 3.05) is 38.6 Å². The van der Waals surface area contributed by atoms with E-state index in [4.69, 9.17) is 4.74 Å². The first-order valence-corrected chi connectivity index (χ1v) is 10.8. The molecule has 1 amide bonds. The Balaban J connectivity index is 1.46. The monoisotopic (exact) mass is 434 g/mol. The number of hydrogen-bond donors (Lipinski definition) is 1. The molecule has 0 saturated carbocycles. The molecule has 2 heterocycles. The number of aromatic nitrogens is 1. The zero-order valence-corrected chi connectivity index (χ0v) is 18.1. The van der Waals surface area contributed by atoms with Gasteiger partial charge < -0.3 is 15.0 Å². The third-order valence-electron chi connectivity index (χ3n) is 5.63. The summed E-state index contributed by atoms with van der Waals surface area (Å²) in [6.45, 7) is 3.28. The Morgan fingerprint density at radius 1 is 1.03 bits per heavy atom. The van der Waals surface area contributed by atoms with Crippen molar-refractivity contribution in [3.63, 3.8) is 0 Å². The summed E-state index contributed by atoms with van der Waals surface area (Å²) in [7, 11) is 1.61. The minimum Gasteiger partial charge on any atom is -0.495 e. The molecule has 1 N–H and O–H groups in total. The largest absolute Gasteiger partial charge is 0.495 e. The predicted molar refractivity (Wildman–Crippen MR) is 123 cm³/mol. The minimum atomic E-state index is -0.188. The Bertz CT molecular complexity index is 1080. The summed E-state index contributed by atoms with van der Waals surface area (Å²) < 4.78 is 19.4. The lowest BCUT2D eigenvalue weighted by atomic mass is 10.2. The maximum atomic E-state index is 14.0. The van der Waals surface area contributed by atoms with E-state index in [1.165, 1.54) is 6.07 Å². The van der Waals surface area contributed by atoms with Crippen LogP contribution in [-0.4, -0.2) is 54.0 Å². The summed E-state index contributed by atoms with van der Waals surface area (Å²) in [6.07, 6.45) is 2.49. The Hall–Kier alpha value is -3.45. The van der Waals surface area contributed by atoms with Gasteiger partial charge in [0, 0.05) is 44.5 Å². The van der Waals surface area contributed by atoms with Gasteiger partial charge in [-0.25, -0.2) is 9.37 Å². The van der Waals surface area contributed by atoms with E-state index in [2.05, 4.69) is 15.2 Å². The molecule has 0 aliphatic carbocycles. The average Bonchev–Trinajstić information content (AvgIpc) is 3.06. The zero-order valence-electron chi connectivity index (χ0n) is 18.1. The topological polar surface area (TPSA) is 57.7 Å². The van der Waals surface area contributed by atoms with Crippen LogP contribution in [0.15, 0.2) is 66.9 Å². The SMILES string of the molecule is COc1ccccc1Nc1ncccc1C(=O)N1CCCN(Cc2ccccc2F)CC1. The second-order valence-corrected chi connectivity index (χ2v) is 7.74. The van der Waals surface area contributed by atoms with E-state index < -0.39 is 0 Å². The van der Waals surface area contributed by atoms with Crippen molar-refractivity contribution in [1.29, 1.82) is 0 Å². The van der Waals surface area contributed by atoms with Crippen LogP contribution in [0.1, 0.15) is 22.3 Å². The fourth-order valence-electron chi connectivity index (χ4n) is 3.92. The number of anilines is 2. The molecule has 0 atom stereocenters. The fraction of sp³-hybridized carbons (Fsp3) is 0.280. The summed E-state index contributed by atoms with van der Waals surface area (Å²) in [6, 6.07) is 17.9. The third kappa shape index (κ3) is 5.06. The lowest BCUT2D eigenvalue weighted by Gasteiger charge is -2.23. The van der Waals surface area contributed by atoms with E-state index in [0.717, 1.165) is 18.7 Å². The molecule has 6 nitrogen and oxygen atoms in total. The van der Waals surface area contributed by atoms with Gasteiger partial charge in [0.15, 0.2) is 0 Å². The van der Waals surface area contributed by atoms with Gasteiger partial charge in [0.2, 0.25) is 0 Å². The summed E-state index contributed by atoms with van der Waals surface area (Å²) in [5.74, 6) is 0.917. The molecule has 0 bridgehead atoms. The summed E-state index contributed by atoms with van der Waals surface area (Å²) in [5.41, 5.74) is 1.94. The first-order valence-electron chi connectivity index (χ1n) is 10.8. The standard InChI is InChI=1S/C25H27FN4O2/c1-32-23-12-5-4-11-22(23)28-24-20(9-6-13-27-24)25(31)30-15-7-14-29(16-17-30)18-19-8-2-3-10-21(19)26/h2-6,8-13H,7,14-18H2,1H3,(H,27,28). The number of nitrogens with one attached hydrogen (secondary N) is 1. The molecule has 0 radical (unpaired) electrons. The Labute approximate surface area is 187 Å². The third-order valence-corrected chi connectivity index (χ3v) is 5.63. The van der Waals surface area contributed by atoms with Gasteiger partial charge in [0.25, 0.3) is 5.91 Å². The smallest absolute Gasteiger partial charge is 0.257 e. The lowest BCUT2D eigenvalue weighted by molar-refractivity contribution is 0.0761. The highest BCUT2D eigenvalue weighted by atomic mass is 19.1. The average molecular weight is 435 g/mol. The fourth-order valence-corrected chi connectivity index (χ4v) is 3.92. The van der Waals surface area contributed by atoms with Crippen LogP contribution >= 0.6 is 0 Å². The van der Waals surface area contributed by atoms with Crippen LogP contribution in [0.4, 0.5) is 15.9 Å². The number of methoxy groups -OCH3 is 1. The Kier molecular flexibility index (Phi) is 6.97. The predicted octanol–water partition coefficient (Wildman–Crippen LogP) is 4.32. The molecule has 1 fully saturated rings. The molecule has 1 aliphatic heterocycles. The first-order chi connectivity index (χ1) is 15.7.